The minimum absolute atomic E-state index is 0. The van der Waals surface area contributed by atoms with Crippen LogP contribution in [0.1, 0.15) is 93.7 Å². The van der Waals surface area contributed by atoms with E-state index >= 15 is 0 Å². The molecule has 0 radical (unpaired) electrons. The molecule has 0 bridgehead atoms. The summed E-state index contributed by atoms with van der Waals surface area (Å²) in [5, 5.41) is 13.3. The van der Waals surface area contributed by atoms with Gasteiger partial charge in [-0.05, 0) is 84.4 Å². The Kier molecular flexibility index (Phi) is 11.2. The van der Waals surface area contributed by atoms with E-state index in [9.17, 15) is 23.9 Å². The number of amides is 2. The van der Waals surface area contributed by atoms with Crippen LogP contribution in [0.2, 0.25) is 0 Å². The van der Waals surface area contributed by atoms with Crippen LogP contribution in [0.3, 0.4) is 0 Å². The molecule has 1 aromatic heterocycles. The minimum Gasteiger partial charge on any atom is -0.550 e. The first-order valence-electron chi connectivity index (χ1n) is 15.7. The van der Waals surface area contributed by atoms with Crippen LogP contribution in [-0.4, -0.2) is 45.6 Å². The molecule has 1 saturated carbocycles. The van der Waals surface area contributed by atoms with E-state index in [4.69, 9.17) is 4.99 Å². The number of carbonyl (C=O) groups is 3. The van der Waals surface area contributed by atoms with Crippen LogP contribution < -0.4 is 40.0 Å². The molecule has 236 valence electrons. The summed E-state index contributed by atoms with van der Waals surface area (Å²) in [5.74, 6) is -1.79. The second-order valence-electron chi connectivity index (χ2n) is 13.1. The van der Waals surface area contributed by atoms with Crippen LogP contribution in [0.15, 0.2) is 71.9 Å². The van der Waals surface area contributed by atoms with Crippen molar-refractivity contribution in [3.05, 3.63) is 89.5 Å². The van der Waals surface area contributed by atoms with Crippen molar-refractivity contribution in [1.29, 1.82) is 0 Å². The molecule has 10 heteroatoms. The number of hydrogen-bond donors (Lipinski definition) is 1. The molecule has 8 nitrogen and oxygen atoms in total. The molecular weight excluding hydrogens is 594 g/mol. The van der Waals surface area contributed by atoms with Gasteiger partial charge in [0.05, 0.1) is 6.04 Å². The van der Waals surface area contributed by atoms with Crippen molar-refractivity contribution in [3.8, 4) is 11.1 Å². The predicted molar refractivity (Wildman–Crippen MR) is 169 cm³/mol. The van der Waals surface area contributed by atoms with Gasteiger partial charge in [-0.15, -0.1) is 0 Å². The van der Waals surface area contributed by atoms with Crippen LogP contribution in [-0.2, 0) is 9.59 Å². The number of carboxylic acids is 1. The maximum absolute atomic E-state index is 14.5. The van der Waals surface area contributed by atoms with Crippen LogP contribution >= 0.6 is 0 Å². The fourth-order valence-corrected chi connectivity index (χ4v) is 6.76. The van der Waals surface area contributed by atoms with Gasteiger partial charge in [0, 0.05) is 42.3 Å². The molecule has 1 atom stereocenters. The van der Waals surface area contributed by atoms with Gasteiger partial charge in [-0.25, -0.2) is 4.98 Å². The van der Waals surface area contributed by atoms with Crippen LogP contribution in [0.4, 0.5) is 4.39 Å². The maximum atomic E-state index is 14.5. The fraction of sp³-hybridized carbons (Fsp3) is 0.417. The Morgan fingerprint density at radius 1 is 1.04 bits per heavy atom. The number of halogens is 1. The van der Waals surface area contributed by atoms with Crippen molar-refractivity contribution in [3.63, 3.8) is 0 Å². The molecule has 3 aromatic rings. The number of hydrogen-bond acceptors (Lipinski definition) is 6. The van der Waals surface area contributed by atoms with Gasteiger partial charge >= 0.3 is 29.6 Å². The standard InChI is InChI=1S/C36H41FN4O4.Na/c1-5-29(23-9-11-24(12-10-23)33(44)39-20-16-31(42)43)41-34(45)32(40-36(41)17-13-28(14-18-36)35(2,3)4)27-8-6-7-25(21-27)26-15-19-38-30(37)22-26;/h6-12,15,19,21-22,28-29H,5,13-14,16-18,20H2,1-4H3,(H,39,44)(H,42,43);/q;+1/p-1/t28?,29-,36?;/m1./s1. The quantitative estimate of drug-likeness (QED) is 0.287. The number of nitrogens with zero attached hydrogens (tertiary/aromatic N) is 3. The molecule has 0 saturated heterocycles. The molecule has 1 spiro atoms. The van der Waals surface area contributed by atoms with Crippen LogP contribution in [0, 0.1) is 17.3 Å². The van der Waals surface area contributed by atoms with E-state index in [1.165, 1.54) is 12.3 Å². The Bertz CT molecular complexity index is 1610. The predicted octanol–water partition coefficient (Wildman–Crippen LogP) is 2.48. The van der Waals surface area contributed by atoms with E-state index in [0.29, 0.717) is 34.7 Å². The molecule has 1 N–H and O–H groups in total. The Balaban J connectivity index is 0.00000480. The summed E-state index contributed by atoms with van der Waals surface area (Å²) >= 11 is 0. The molecule has 5 rings (SSSR count). The van der Waals surface area contributed by atoms with Crippen molar-refractivity contribution in [1.82, 2.24) is 15.2 Å². The van der Waals surface area contributed by atoms with Crippen molar-refractivity contribution >= 4 is 23.5 Å². The number of carboxylic acid groups (broad SMARTS) is 1. The number of carbonyl (C=O) groups excluding carboxylic acids is 3. The Labute approximate surface area is 292 Å². The topological polar surface area (TPSA) is 115 Å². The third-order valence-corrected chi connectivity index (χ3v) is 9.27. The van der Waals surface area contributed by atoms with Crippen LogP contribution in [0.5, 0.6) is 0 Å². The summed E-state index contributed by atoms with van der Waals surface area (Å²) in [6.45, 7) is 8.82. The molecule has 2 amide bonds. The van der Waals surface area contributed by atoms with E-state index in [1.54, 1.807) is 18.2 Å². The fourth-order valence-electron chi connectivity index (χ4n) is 6.76. The number of benzene rings is 2. The van der Waals surface area contributed by atoms with Gasteiger partial charge in [-0.1, -0.05) is 58.0 Å². The molecular formula is C36H40FN4NaO4. The average molecular weight is 635 g/mol. The van der Waals surface area contributed by atoms with Crippen molar-refractivity contribution in [2.24, 2.45) is 16.3 Å². The average Bonchev–Trinajstić information content (AvgIpc) is 3.28. The van der Waals surface area contributed by atoms with Crippen LogP contribution in [0.25, 0.3) is 11.1 Å². The third-order valence-electron chi connectivity index (χ3n) is 9.27. The summed E-state index contributed by atoms with van der Waals surface area (Å²) in [5.41, 5.74) is 3.28. The van der Waals surface area contributed by atoms with Gasteiger partial charge in [0.2, 0.25) is 5.95 Å². The smallest absolute Gasteiger partial charge is 0.550 e. The van der Waals surface area contributed by atoms with Gasteiger partial charge in [-0.2, -0.15) is 4.39 Å². The van der Waals surface area contributed by atoms with E-state index in [-0.39, 0.29) is 65.8 Å². The second-order valence-corrected chi connectivity index (χ2v) is 13.1. The van der Waals surface area contributed by atoms with Crippen molar-refractivity contribution in [2.45, 2.75) is 77.9 Å². The normalized spacial score (nSPS) is 20.2. The molecule has 1 aliphatic carbocycles. The summed E-state index contributed by atoms with van der Waals surface area (Å²) in [4.78, 5) is 48.6. The zero-order chi connectivity index (χ0) is 32.4. The Morgan fingerprint density at radius 3 is 2.30 bits per heavy atom. The van der Waals surface area contributed by atoms with Crippen molar-refractivity contribution < 1.29 is 53.4 Å². The number of aromatic nitrogens is 1. The second kappa shape index (κ2) is 14.6. The maximum Gasteiger partial charge on any atom is 1.00 e. The summed E-state index contributed by atoms with van der Waals surface area (Å²) in [6.07, 6.45) is 5.19. The van der Waals surface area contributed by atoms with E-state index in [0.717, 1.165) is 36.8 Å². The largest absolute Gasteiger partial charge is 1.00 e. The summed E-state index contributed by atoms with van der Waals surface area (Å²) in [7, 11) is 0. The van der Waals surface area contributed by atoms with E-state index in [1.807, 2.05) is 48.2 Å². The minimum atomic E-state index is -1.23. The first kappa shape index (κ1) is 35.5. The molecule has 0 unspecified atom stereocenters. The zero-order valence-electron chi connectivity index (χ0n) is 27.3. The van der Waals surface area contributed by atoms with E-state index in [2.05, 4.69) is 31.1 Å². The third kappa shape index (κ3) is 7.59. The number of nitrogens with one attached hydrogen (secondary N) is 1. The number of rotatable bonds is 9. The molecule has 2 aromatic carbocycles. The first-order chi connectivity index (χ1) is 21.4. The monoisotopic (exact) mass is 634 g/mol. The molecule has 2 aliphatic rings. The van der Waals surface area contributed by atoms with E-state index < -0.39 is 17.6 Å². The number of pyridine rings is 1. The summed E-state index contributed by atoms with van der Waals surface area (Å²) in [6, 6.07) is 17.5. The zero-order valence-corrected chi connectivity index (χ0v) is 29.3. The van der Waals surface area contributed by atoms with Gasteiger partial charge in [-0.3, -0.25) is 14.6 Å². The van der Waals surface area contributed by atoms with Gasteiger partial charge in [0.15, 0.2) is 0 Å². The molecule has 46 heavy (non-hydrogen) atoms. The van der Waals surface area contributed by atoms with Gasteiger partial charge in [0.25, 0.3) is 11.8 Å². The van der Waals surface area contributed by atoms with Gasteiger partial charge < -0.3 is 20.1 Å². The number of aliphatic carboxylic acids is 1. The van der Waals surface area contributed by atoms with Crippen molar-refractivity contribution in [2.75, 3.05) is 6.54 Å². The van der Waals surface area contributed by atoms with Gasteiger partial charge in [0.1, 0.15) is 11.4 Å². The number of aliphatic imine (C=N–C) groups is 1. The first-order valence-corrected chi connectivity index (χ1v) is 15.7. The Hall–Kier alpha value is -3.40. The SMILES string of the molecule is CC[C@H](c1ccc(C(=O)NCCC(=O)[O-])cc1)N1C(=O)C(c2cccc(-c3ccnc(F)c3)c2)=NC12CCC(C(C)(C)C)CC2.[Na+]. The summed E-state index contributed by atoms with van der Waals surface area (Å²) < 4.78 is 13.9. The molecule has 1 fully saturated rings. The molecule has 1 aliphatic heterocycles. The molecule has 2 heterocycles. The Morgan fingerprint density at radius 2 is 1.70 bits per heavy atom.